The number of halogens is 2. The Hall–Kier alpha value is -1.69. The molecule has 1 aliphatic heterocycles. The van der Waals surface area contributed by atoms with Gasteiger partial charge in [-0.15, -0.1) is 0 Å². The van der Waals surface area contributed by atoms with Crippen molar-refractivity contribution in [1.29, 1.82) is 0 Å². The van der Waals surface area contributed by atoms with E-state index in [-0.39, 0.29) is 24.4 Å². The lowest BCUT2D eigenvalue weighted by atomic mass is 10.1. The summed E-state index contributed by atoms with van der Waals surface area (Å²) in [5.41, 5.74) is 0.524. The highest BCUT2D eigenvalue weighted by atomic mass is 35.5. The van der Waals surface area contributed by atoms with Crippen molar-refractivity contribution in [2.75, 3.05) is 26.7 Å². The standard InChI is InChI=1S/C18H21ClN2O3.ClH/c1-23-16-7-6-13(11-14(16)19)18(22)20-12-15(17-5-4-10-24-17)21-8-2-3-9-21;/h4-7,10-11,15H,2-3,8-9,12H2,1H3,(H,20,22);1H. The van der Waals surface area contributed by atoms with Crippen LogP contribution in [0.25, 0.3) is 0 Å². The number of methoxy groups -OCH3 is 1. The van der Waals surface area contributed by atoms with E-state index in [1.54, 1.807) is 31.6 Å². The molecule has 7 heteroatoms. The summed E-state index contributed by atoms with van der Waals surface area (Å²) in [5, 5.41) is 3.44. The molecule has 0 spiro atoms. The van der Waals surface area contributed by atoms with Gasteiger partial charge in [0.15, 0.2) is 11.8 Å². The number of carbonyl (C=O) groups excluding carboxylic acids is 1. The van der Waals surface area contributed by atoms with E-state index in [1.165, 1.54) is 17.7 Å². The van der Waals surface area contributed by atoms with Crippen LogP contribution in [0.1, 0.15) is 35.0 Å². The van der Waals surface area contributed by atoms with Crippen LogP contribution >= 0.6 is 11.6 Å². The van der Waals surface area contributed by atoms with Gasteiger partial charge in [0.25, 0.3) is 5.91 Å². The topological polar surface area (TPSA) is 55.9 Å². The third-order valence-electron chi connectivity index (χ3n) is 4.51. The molecule has 1 aromatic heterocycles. The lowest BCUT2D eigenvalue weighted by molar-refractivity contribution is -0.919. The molecule has 1 saturated heterocycles. The van der Waals surface area contributed by atoms with Crippen LogP contribution in [0.15, 0.2) is 41.0 Å². The summed E-state index contributed by atoms with van der Waals surface area (Å²) < 4.78 is 10.7. The van der Waals surface area contributed by atoms with Crippen LogP contribution in [0, 0.1) is 0 Å². The highest BCUT2D eigenvalue weighted by Crippen LogP contribution is 2.24. The molecular weight excluding hydrogens is 363 g/mol. The van der Waals surface area contributed by atoms with Gasteiger partial charge in [-0.2, -0.15) is 0 Å². The van der Waals surface area contributed by atoms with Crippen LogP contribution in [0.3, 0.4) is 0 Å². The molecule has 2 N–H and O–H groups in total. The van der Waals surface area contributed by atoms with Gasteiger partial charge >= 0.3 is 0 Å². The molecule has 1 atom stereocenters. The second-order valence-corrected chi connectivity index (χ2v) is 6.40. The molecular formula is C18H22Cl2N2O3. The monoisotopic (exact) mass is 384 g/mol. The zero-order valence-corrected chi connectivity index (χ0v) is 15.6. The first-order valence-corrected chi connectivity index (χ1v) is 8.56. The number of amides is 1. The summed E-state index contributed by atoms with van der Waals surface area (Å²) in [6.07, 6.45) is 4.12. The molecule has 1 aromatic carbocycles. The van der Waals surface area contributed by atoms with E-state index >= 15 is 0 Å². The average molecular weight is 385 g/mol. The Morgan fingerprint density at radius 2 is 2.12 bits per heavy atom. The number of benzene rings is 1. The molecule has 5 nitrogen and oxygen atoms in total. The largest absolute Gasteiger partial charge is 1.00 e. The Morgan fingerprint density at radius 3 is 2.72 bits per heavy atom. The number of carbonyl (C=O) groups is 1. The Bertz CT molecular complexity index is 686. The third-order valence-corrected chi connectivity index (χ3v) is 4.80. The smallest absolute Gasteiger partial charge is 0.251 e. The SMILES string of the molecule is COc1ccc(C(=O)NCC(c2ccco2)[NH+]2CCCC2)cc1Cl.[Cl-]. The molecule has 1 amide bonds. The minimum atomic E-state index is -0.144. The minimum absolute atomic E-state index is 0. The fourth-order valence-corrected chi connectivity index (χ4v) is 3.48. The summed E-state index contributed by atoms with van der Waals surface area (Å²) in [5.74, 6) is 1.33. The lowest BCUT2D eigenvalue weighted by Crippen LogP contribution is -3.11. The van der Waals surface area contributed by atoms with Gasteiger partial charge in [0.1, 0.15) is 5.75 Å². The number of nitrogens with one attached hydrogen (secondary N) is 2. The summed E-state index contributed by atoms with van der Waals surface area (Å²) in [7, 11) is 1.55. The van der Waals surface area contributed by atoms with Crippen molar-refractivity contribution in [2.45, 2.75) is 18.9 Å². The highest BCUT2D eigenvalue weighted by Gasteiger charge is 2.29. The van der Waals surface area contributed by atoms with Crippen LogP contribution in [-0.4, -0.2) is 32.7 Å². The fourth-order valence-electron chi connectivity index (χ4n) is 3.22. The summed E-state index contributed by atoms with van der Waals surface area (Å²) in [6.45, 7) is 2.75. The van der Waals surface area contributed by atoms with Crippen molar-refractivity contribution in [2.24, 2.45) is 0 Å². The Labute approximate surface area is 158 Å². The Morgan fingerprint density at radius 1 is 1.36 bits per heavy atom. The Kier molecular flexibility index (Phi) is 7.17. The molecule has 1 unspecified atom stereocenters. The van der Waals surface area contributed by atoms with E-state index in [9.17, 15) is 4.79 Å². The molecule has 0 aliphatic carbocycles. The summed E-state index contributed by atoms with van der Waals surface area (Å²) >= 11 is 6.10. The normalized spacial score (nSPS) is 15.4. The molecule has 0 bridgehead atoms. The molecule has 3 rings (SSSR count). The first-order chi connectivity index (χ1) is 11.7. The molecule has 25 heavy (non-hydrogen) atoms. The van der Waals surface area contributed by atoms with Crippen molar-refractivity contribution in [3.05, 3.63) is 52.9 Å². The van der Waals surface area contributed by atoms with Crippen LogP contribution in [0.2, 0.25) is 5.02 Å². The Balaban J connectivity index is 0.00000225. The summed E-state index contributed by atoms with van der Waals surface area (Å²) in [4.78, 5) is 13.9. The number of likely N-dealkylation sites (tertiary alicyclic amines) is 1. The van der Waals surface area contributed by atoms with E-state index < -0.39 is 0 Å². The number of quaternary nitrogens is 1. The van der Waals surface area contributed by atoms with Gasteiger partial charge in [-0.05, 0) is 30.3 Å². The van der Waals surface area contributed by atoms with E-state index in [0.29, 0.717) is 22.9 Å². The average Bonchev–Trinajstić information content (AvgIpc) is 3.29. The van der Waals surface area contributed by atoms with Gasteiger partial charge in [-0.25, -0.2) is 0 Å². The second kappa shape index (κ2) is 9.13. The zero-order chi connectivity index (χ0) is 16.9. The first-order valence-electron chi connectivity index (χ1n) is 8.18. The summed E-state index contributed by atoms with van der Waals surface area (Å²) in [6, 6.07) is 9.05. The maximum Gasteiger partial charge on any atom is 0.251 e. The quantitative estimate of drug-likeness (QED) is 0.678. The van der Waals surface area contributed by atoms with Gasteiger partial charge in [-0.3, -0.25) is 4.79 Å². The zero-order valence-electron chi connectivity index (χ0n) is 14.1. The number of furan rings is 1. The van der Waals surface area contributed by atoms with Crippen LogP contribution in [-0.2, 0) is 0 Å². The predicted molar refractivity (Wildman–Crippen MR) is 91.7 cm³/mol. The van der Waals surface area contributed by atoms with E-state index in [1.807, 2.05) is 12.1 Å². The molecule has 1 aliphatic rings. The maximum atomic E-state index is 12.4. The van der Waals surface area contributed by atoms with E-state index in [4.69, 9.17) is 20.8 Å². The van der Waals surface area contributed by atoms with Crippen molar-refractivity contribution in [3.8, 4) is 5.75 Å². The minimum Gasteiger partial charge on any atom is -1.00 e. The van der Waals surface area contributed by atoms with Crippen LogP contribution in [0.5, 0.6) is 5.75 Å². The predicted octanol–water partition coefficient (Wildman–Crippen LogP) is -0.905. The molecule has 2 aromatic rings. The van der Waals surface area contributed by atoms with Gasteiger partial charge in [-0.1, -0.05) is 11.6 Å². The van der Waals surface area contributed by atoms with Crippen molar-refractivity contribution >= 4 is 17.5 Å². The third kappa shape index (κ3) is 4.69. The van der Waals surface area contributed by atoms with Crippen LogP contribution < -0.4 is 27.4 Å². The van der Waals surface area contributed by atoms with E-state index in [0.717, 1.165) is 18.8 Å². The van der Waals surface area contributed by atoms with E-state index in [2.05, 4.69) is 5.32 Å². The highest BCUT2D eigenvalue weighted by molar-refractivity contribution is 6.32. The maximum absolute atomic E-state index is 12.4. The molecule has 136 valence electrons. The van der Waals surface area contributed by atoms with Gasteiger partial charge < -0.3 is 31.8 Å². The molecule has 1 fully saturated rings. The molecule has 0 radical (unpaired) electrons. The number of hydrogen-bond acceptors (Lipinski definition) is 3. The van der Waals surface area contributed by atoms with Gasteiger partial charge in [0.05, 0.1) is 38.0 Å². The fraction of sp³-hybridized carbons (Fsp3) is 0.389. The number of ether oxygens (including phenoxy) is 1. The lowest BCUT2D eigenvalue weighted by Gasteiger charge is -2.23. The van der Waals surface area contributed by atoms with Crippen LogP contribution in [0.4, 0.5) is 0 Å². The number of rotatable bonds is 6. The first kappa shape index (κ1) is 19.6. The number of hydrogen-bond donors (Lipinski definition) is 2. The van der Waals surface area contributed by atoms with Crippen molar-refractivity contribution < 1.29 is 31.3 Å². The molecule has 0 saturated carbocycles. The molecule has 2 heterocycles. The van der Waals surface area contributed by atoms with Crippen molar-refractivity contribution in [3.63, 3.8) is 0 Å². The van der Waals surface area contributed by atoms with Crippen molar-refractivity contribution in [1.82, 2.24) is 5.32 Å². The van der Waals surface area contributed by atoms with Gasteiger partial charge in [0.2, 0.25) is 0 Å². The second-order valence-electron chi connectivity index (χ2n) is 5.99. The van der Waals surface area contributed by atoms with Gasteiger partial charge in [0, 0.05) is 18.4 Å².